The molecule has 0 bridgehead atoms. The van der Waals surface area contributed by atoms with Gasteiger partial charge < -0.3 is 20.3 Å². The first-order valence-corrected chi connectivity index (χ1v) is 7.89. The summed E-state index contributed by atoms with van der Waals surface area (Å²) < 4.78 is 5.06. The Morgan fingerprint density at radius 2 is 1.84 bits per heavy atom. The SMILES string of the molecule is O=C(NCC(O)C(O)c1[nH]nc2ccccc12)OCc1ccccc1. The summed E-state index contributed by atoms with van der Waals surface area (Å²) in [7, 11) is 0. The zero-order valence-electron chi connectivity index (χ0n) is 13.4. The molecule has 0 saturated carbocycles. The second kappa shape index (κ2) is 7.78. The number of nitrogens with one attached hydrogen (secondary N) is 2. The fraction of sp³-hybridized carbons (Fsp3) is 0.222. The number of carbonyl (C=O) groups excluding carboxylic acids is 1. The Kier molecular flexibility index (Phi) is 5.27. The van der Waals surface area contributed by atoms with Gasteiger partial charge in [-0.15, -0.1) is 0 Å². The molecular formula is C18H19N3O4. The average molecular weight is 341 g/mol. The van der Waals surface area contributed by atoms with Crippen molar-refractivity contribution in [2.75, 3.05) is 6.54 Å². The van der Waals surface area contributed by atoms with E-state index >= 15 is 0 Å². The van der Waals surface area contributed by atoms with Gasteiger partial charge in [-0.25, -0.2) is 4.79 Å². The zero-order valence-corrected chi connectivity index (χ0v) is 13.4. The van der Waals surface area contributed by atoms with E-state index in [2.05, 4.69) is 15.5 Å². The van der Waals surface area contributed by atoms with Gasteiger partial charge in [0.1, 0.15) is 18.8 Å². The molecule has 3 rings (SSSR count). The quantitative estimate of drug-likeness (QED) is 0.548. The topological polar surface area (TPSA) is 107 Å². The molecule has 0 aliphatic carbocycles. The van der Waals surface area contributed by atoms with Crippen molar-refractivity contribution >= 4 is 17.0 Å². The van der Waals surface area contributed by atoms with Gasteiger partial charge >= 0.3 is 6.09 Å². The summed E-state index contributed by atoms with van der Waals surface area (Å²) in [4.78, 5) is 11.7. The summed E-state index contributed by atoms with van der Waals surface area (Å²) in [5, 5.41) is 30.4. The van der Waals surface area contributed by atoms with Gasteiger partial charge in [-0.2, -0.15) is 5.10 Å². The molecule has 7 nitrogen and oxygen atoms in total. The molecule has 130 valence electrons. The fourth-order valence-electron chi connectivity index (χ4n) is 2.47. The molecule has 7 heteroatoms. The summed E-state index contributed by atoms with van der Waals surface area (Å²) in [6.45, 7) is -0.0152. The van der Waals surface area contributed by atoms with E-state index in [-0.39, 0.29) is 13.2 Å². The van der Waals surface area contributed by atoms with Gasteiger partial charge in [0.05, 0.1) is 11.2 Å². The molecule has 0 fully saturated rings. The van der Waals surface area contributed by atoms with Gasteiger partial charge in [0.25, 0.3) is 0 Å². The van der Waals surface area contributed by atoms with Crippen LogP contribution in [0.2, 0.25) is 0 Å². The van der Waals surface area contributed by atoms with E-state index in [1.54, 1.807) is 12.1 Å². The molecule has 0 spiro atoms. The predicted octanol–water partition coefficient (Wildman–Crippen LogP) is 1.88. The molecule has 0 saturated heterocycles. The van der Waals surface area contributed by atoms with Crippen LogP contribution in [0.25, 0.3) is 10.9 Å². The van der Waals surface area contributed by atoms with Gasteiger partial charge in [0.2, 0.25) is 0 Å². The molecule has 1 aromatic heterocycles. The third-order valence-corrected chi connectivity index (χ3v) is 3.82. The molecule has 3 aromatic rings. The normalized spacial score (nSPS) is 13.4. The van der Waals surface area contributed by atoms with Crippen LogP contribution >= 0.6 is 0 Å². The number of nitrogens with zero attached hydrogens (tertiary/aromatic N) is 1. The number of para-hydroxylation sites is 1. The number of hydrogen-bond acceptors (Lipinski definition) is 5. The molecule has 2 atom stereocenters. The maximum atomic E-state index is 11.7. The van der Waals surface area contributed by atoms with Gasteiger partial charge in [0.15, 0.2) is 0 Å². The van der Waals surface area contributed by atoms with Crippen molar-refractivity contribution < 1.29 is 19.7 Å². The Morgan fingerprint density at radius 1 is 1.12 bits per heavy atom. The van der Waals surface area contributed by atoms with E-state index in [9.17, 15) is 15.0 Å². The predicted molar refractivity (Wildman–Crippen MR) is 91.7 cm³/mol. The lowest BCUT2D eigenvalue weighted by Crippen LogP contribution is -2.36. The van der Waals surface area contributed by atoms with Crippen LogP contribution in [0.4, 0.5) is 4.79 Å². The summed E-state index contributed by atoms with van der Waals surface area (Å²) in [6.07, 6.45) is -3.07. The van der Waals surface area contributed by atoms with E-state index < -0.39 is 18.3 Å². The first-order chi connectivity index (χ1) is 12.1. The van der Waals surface area contributed by atoms with Crippen molar-refractivity contribution in [2.45, 2.75) is 18.8 Å². The number of aromatic amines is 1. The highest BCUT2D eigenvalue weighted by Crippen LogP contribution is 2.23. The van der Waals surface area contributed by atoms with Crippen LogP contribution in [0, 0.1) is 0 Å². The number of amides is 1. The van der Waals surface area contributed by atoms with Crippen LogP contribution in [-0.2, 0) is 11.3 Å². The van der Waals surface area contributed by atoms with Crippen molar-refractivity contribution in [3.8, 4) is 0 Å². The van der Waals surface area contributed by atoms with Crippen LogP contribution in [0.1, 0.15) is 17.4 Å². The zero-order chi connectivity index (χ0) is 17.6. The first-order valence-electron chi connectivity index (χ1n) is 7.89. The van der Waals surface area contributed by atoms with Crippen molar-refractivity contribution in [3.05, 3.63) is 65.9 Å². The molecule has 2 unspecified atom stereocenters. The fourth-order valence-corrected chi connectivity index (χ4v) is 2.47. The van der Waals surface area contributed by atoms with Crippen LogP contribution in [0.15, 0.2) is 54.6 Å². The second-order valence-corrected chi connectivity index (χ2v) is 5.61. The molecule has 2 aromatic carbocycles. The standard InChI is InChI=1S/C18H19N3O4/c22-15(10-19-18(24)25-11-12-6-2-1-3-7-12)17(23)16-13-8-4-5-9-14(13)20-21-16/h1-9,15,17,22-23H,10-11H2,(H,19,24)(H,20,21). The minimum Gasteiger partial charge on any atom is -0.445 e. The minimum atomic E-state index is -1.21. The highest BCUT2D eigenvalue weighted by atomic mass is 16.5. The van der Waals surface area contributed by atoms with Gasteiger partial charge in [-0.3, -0.25) is 5.10 Å². The molecule has 0 aliphatic rings. The Balaban J connectivity index is 1.51. The molecule has 0 radical (unpaired) electrons. The van der Waals surface area contributed by atoms with Gasteiger partial charge in [-0.05, 0) is 11.6 Å². The minimum absolute atomic E-state index is 0.135. The summed E-state index contributed by atoms with van der Waals surface area (Å²) in [5.41, 5.74) is 1.96. The van der Waals surface area contributed by atoms with Crippen LogP contribution < -0.4 is 5.32 Å². The number of H-pyrrole nitrogens is 1. The molecule has 1 heterocycles. The average Bonchev–Trinajstić information content (AvgIpc) is 3.08. The van der Waals surface area contributed by atoms with Crippen LogP contribution in [-0.4, -0.2) is 39.2 Å². The number of aliphatic hydroxyl groups is 2. The second-order valence-electron chi connectivity index (χ2n) is 5.61. The third kappa shape index (κ3) is 4.14. The molecule has 4 N–H and O–H groups in total. The monoisotopic (exact) mass is 341 g/mol. The van der Waals surface area contributed by atoms with Crippen molar-refractivity contribution in [1.82, 2.24) is 15.5 Å². The first kappa shape index (κ1) is 16.9. The van der Waals surface area contributed by atoms with Crippen molar-refractivity contribution in [3.63, 3.8) is 0 Å². The Hall–Kier alpha value is -2.90. The third-order valence-electron chi connectivity index (χ3n) is 3.82. The number of rotatable bonds is 6. The summed E-state index contributed by atoms with van der Waals surface area (Å²) >= 11 is 0. The number of hydrogen-bond donors (Lipinski definition) is 4. The number of fused-ring (bicyclic) bond motifs is 1. The highest BCUT2D eigenvalue weighted by Gasteiger charge is 2.23. The molecule has 25 heavy (non-hydrogen) atoms. The molecule has 0 aliphatic heterocycles. The number of aliphatic hydroxyl groups excluding tert-OH is 2. The van der Waals surface area contributed by atoms with Crippen molar-refractivity contribution in [1.29, 1.82) is 0 Å². The van der Waals surface area contributed by atoms with Crippen LogP contribution in [0.5, 0.6) is 0 Å². The maximum Gasteiger partial charge on any atom is 0.407 e. The van der Waals surface area contributed by atoms with Gasteiger partial charge in [-0.1, -0.05) is 48.5 Å². The number of ether oxygens (including phenoxy) is 1. The van der Waals surface area contributed by atoms with E-state index in [0.29, 0.717) is 11.2 Å². The smallest absolute Gasteiger partial charge is 0.407 e. The lowest BCUT2D eigenvalue weighted by atomic mass is 10.1. The number of alkyl carbamates (subject to hydrolysis) is 1. The Labute approximate surface area is 144 Å². The summed E-state index contributed by atoms with van der Waals surface area (Å²) in [6, 6.07) is 16.5. The van der Waals surface area contributed by atoms with Crippen molar-refractivity contribution in [2.24, 2.45) is 0 Å². The lowest BCUT2D eigenvalue weighted by Gasteiger charge is -2.17. The Bertz CT molecular complexity index is 834. The largest absolute Gasteiger partial charge is 0.445 e. The highest BCUT2D eigenvalue weighted by molar-refractivity contribution is 5.81. The number of benzene rings is 2. The molecule has 1 amide bonds. The van der Waals surface area contributed by atoms with E-state index in [0.717, 1.165) is 10.9 Å². The van der Waals surface area contributed by atoms with E-state index in [4.69, 9.17) is 4.74 Å². The number of carbonyl (C=O) groups is 1. The lowest BCUT2D eigenvalue weighted by molar-refractivity contribution is 0.0167. The maximum absolute atomic E-state index is 11.7. The number of aromatic nitrogens is 2. The van der Waals surface area contributed by atoms with Gasteiger partial charge in [0, 0.05) is 11.9 Å². The Morgan fingerprint density at radius 3 is 2.64 bits per heavy atom. The van der Waals surface area contributed by atoms with E-state index in [1.165, 1.54) is 0 Å². The summed E-state index contributed by atoms with van der Waals surface area (Å²) in [5.74, 6) is 0. The van der Waals surface area contributed by atoms with E-state index in [1.807, 2.05) is 42.5 Å². The molecular weight excluding hydrogens is 322 g/mol. The van der Waals surface area contributed by atoms with Crippen LogP contribution in [0.3, 0.4) is 0 Å².